The van der Waals surface area contributed by atoms with Crippen LogP contribution in [0.5, 0.6) is 0 Å². The SMILES string of the molecule is CC(=O)N(CC(=O)NCc1ccncc1)c1cccc(F)c1. The minimum Gasteiger partial charge on any atom is -0.350 e. The number of carbonyl (C=O) groups excluding carboxylic acids is 2. The first-order valence-electron chi connectivity index (χ1n) is 6.75. The van der Waals surface area contributed by atoms with Crippen molar-refractivity contribution in [3.8, 4) is 0 Å². The molecule has 1 aromatic heterocycles. The Hall–Kier alpha value is -2.76. The predicted octanol–water partition coefficient (Wildman–Crippen LogP) is 1.89. The first kappa shape index (κ1) is 15.6. The molecule has 5 nitrogen and oxygen atoms in total. The van der Waals surface area contributed by atoms with Gasteiger partial charge in [-0.15, -0.1) is 0 Å². The Labute approximate surface area is 127 Å². The van der Waals surface area contributed by atoms with Gasteiger partial charge in [0.05, 0.1) is 0 Å². The average Bonchev–Trinajstić information content (AvgIpc) is 2.51. The summed E-state index contributed by atoms with van der Waals surface area (Å²) in [5.41, 5.74) is 1.26. The lowest BCUT2D eigenvalue weighted by molar-refractivity contribution is -0.123. The number of halogens is 1. The molecule has 114 valence electrons. The highest BCUT2D eigenvalue weighted by molar-refractivity contribution is 5.97. The molecule has 0 aliphatic carbocycles. The second-order valence-electron chi connectivity index (χ2n) is 4.72. The summed E-state index contributed by atoms with van der Waals surface area (Å²) in [7, 11) is 0. The van der Waals surface area contributed by atoms with Crippen molar-refractivity contribution >= 4 is 17.5 Å². The number of nitrogens with zero attached hydrogens (tertiary/aromatic N) is 2. The van der Waals surface area contributed by atoms with Gasteiger partial charge in [-0.2, -0.15) is 0 Å². The molecule has 2 rings (SSSR count). The summed E-state index contributed by atoms with van der Waals surface area (Å²) in [5, 5.41) is 2.71. The smallest absolute Gasteiger partial charge is 0.240 e. The van der Waals surface area contributed by atoms with E-state index in [0.717, 1.165) is 5.56 Å². The van der Waals surface area contributed by atoms with Crippen molar-refractivity contribution < 1.29 is 14.0 Å². The quantitative estimate of drug-likeness (QED) is 0.917. The van der Waals surface area contributed by atoms with Crippen LogP contribution in [0.3, 0.4) is 0 Å². The van der Waals surface area contributed by atoms with Gasteiger partial charge in [0.25, 0.3) is 0 Å². The minimum absolute atomic E-state index is 0.163. The highest BCUT2D eigenvalue weighted by Crippen LogP contribution is 2.15. The lowest BCUT2D eigenvalue weighted by Gasteiger charge is -2.20. The van der Waals surface area contributed by atoms with E-state index in [1.165, 1.54) is 30.0 Å². The van der Waals surface area contributed by atoms with E-state index < -0.39 is 5.82 Å². The number of nitrogens with one attached hydrogen (secondary N) is 1. The van der Waals surface area contributed by atoms with Crippen LogP contribution in [0.1, 0.15) is 12.5 Å². The first-order valence-corrected chi connectivity index (χ1v) is 6.75. The molecule has 0 aliphatic heterocycles. The third-order valence-electron chi connectivity index (χ3n) is 3.04. The highest BCUT2D eigenvalue weighted by atomic mass is 19.1. The van der Waals surface area contributed by atoms with Gasteiger partial charge < -0.3 is 10.2 Å². The van der Waals surface area contributed by atoms with Crippen molar-refractivity contribution in [2.75, 3.05) is 11.4 Å². The molecule has 1 N–H and O–H groups in total. The van der Waals surface area contributed by atoms with Crippen LogP contribution >= 0.6 is 0 Å². The molecule has 0 saturated carbocycles. The van der Waals surface area contributed by atoms with Crippen molar-refractivity contribution in [3.05, 3.63) is 60.2 Å². The number of pyridine rings is 1. The maximum atomic E-state index is 13.3. The molecule has 2 amide bonds. The molecule has 6 heteroatoms. The van der Waals surface area contributed by atoms with Crippen molar-refractivity contribution in [1.29, 1.82) is 0 Å². The maximum Gasteiger partial charge on any atom is 0.240 e. The Balaban J connectivity index is 1.99. The summed E-state index contributed by atoms with van der Waals surface area (Å²) in [5.74, 6) is -1.11. The summed E-state index contributed by atoms with van der Waals surface area (Å²) in [6.45, 7) is 1.52. The number of carbonyl (C=O) groups is 2. The van der Waals surface area contributed by atoms with E-state index in [1.54, 1.807) is 30.6 Å². The van der Waals surface area contributed by atoms with Gasteiger partial charge in [-0.25, -0.2) is 4.39 Å². The van der Waals surface area contributed by atoms with Crippen LogP contribution in [-0.2, 0) is 16.1 Å². The molecule has 0 aliphatic rings. The number of rotatable bonds is 5. The second-order valence-corrected chi connectivity index (χ2v) is 4.72. The fourth-order valence-electron chi connectivity index (χ4n) is 1.93. The molecule has 0 spiro atoms. The topological polar surface area (TPSA) is 62.3 Å². The van der Waals surface area contributed by atoms with Crippen molar-refractivity contribution in [3.63, 3.8) is 0 Å². The molecule has 1 aromatic carbocycles. The molecule has 0 saturated heterocycles. The molecule has 1 heterocycles. The Morgan fingerprint density at radius 3 is 2.59 bits per heavy atom. The van der Waals surface area contributed by atoms with Crippen LogP contribution in [0.25, 0.3) is 0 Å². The van der Waals surface area contributed by atoms with Crippen molar-refractivity contribution in [2.45, 2.75) is 13.5 Å². The zero-order valence-corrected chi connectivity index (χ0v) is 12.1. The van der Waals surface area contributed by atoms with Crippen LogP contribution in [-0.4, -0.2) is 23.3 Å². The van der Waals surface area contributed by atoms with Gasteiger partial charge in [0, 0.05) is 31.5 Å². The monoisotopic (exact) mass is 301 g/mol. The number of hydrogen-bond acceptors (Lipinski definition) is 3. The normalized spacial score (nSPS) is 10.1. The maximum absolute atomic E-state index is 13.3. The number of aromatic nitrogens is 1. The standard InChI is InChI=1S/C16H16FN3O2/c1-12(21)20(15-4-2-3-14(17)9-15)11-16(22)19-10-13-5-7-18-8-6-13/h2-9H,10-11H2,1H3,(H,19,22). The van der Waals surface area contributed by atoms with E-state index in [4.69, 9.17) is 0 Å². The van der Waals surface area contributed by atoms with Crippen LogP contribution in [0.15, 0.2) is 48.8 Å². The lowest BCUT2D eigenvalue weighted by atomic mass is 10.2. The predicted molar refractivity (Wildman–Crippen MR) is 80.5 cm³/mol. The van der Waals surface area contributed by atoms with Crippen LogP contribution in [0, 0.1) is 5.82 Å². The number of amides is 2. The largest absolute Gasteiger partial charge is 0.350 e. The van der Waals surface area contributed by atoms with Crippen LogP contribution in [0.4, 0.5) is 10.1 Å². The van der Waals surface area contributed by atoms with Gasteiger partial charge >= 0.3 is 0 Å². The molecule has 0 fully saturated rings. The molecular weight excluding hydrogens is 285 g/mol. The van der Waals surface area contributed by atoms with Crippen molar-refractivity contribution in [2.24, 2.45) is 0 Å². The van der Waals surface area contributed by atoms with E-state index >= 15 is 0 Å². The number of hydrogen-bond donors (Lipinski definition) is 1. The third kappa shape index (κ3) is 4.37. The number of benzene rings is 1. The second kappa shape index (κ2) is 7.31. The van der Waals surface area contributed by atoms with Gasteiger partial charge in [0.2, 0.25) is 11.8 Å². The molecule has 0 unspecified atom stereocenters. The molecule has 0 bridgehead atoms. The van der Waals surface area contributed by atoms with Crippen LogP contribution in [0.2, 0.25) is 0 Å². The zero-order chi connectivity index (χ0) is 15.9. The Morgan fingerprint density at radius 2 is 1.95 bits per heavy atom. The fourth-order valence-corrected chi connectivity index (χ4v) is 1.93. The first-order chi connectivity index (χ1) is 10.6. The Kier molecular flexibility index (Phi) is 5.19. The third-order valence-corrected chi connectivity index (χ3v) is 3.04. The van der Waals surface area contributed by atoms with Gasteiger partial charge in [-0.1, -0.05) is 6.07 Å². The van der Waals surface area contributed by atoms with Gasteiger partial charge in [-0.3, -0.25) is 14.6 Å². The van der Waals surface area contributed by atoms with E-state index in [-0.39, 0.29) is 18.4 Å². The summed E-state index contributed by atoms with van der Waals surface area (Å²) >= 11 is 0. The van der Waals surface area contributed by atoms with E-state index in [2.05, 4.69) is 10.3 Å². The van der Waals surface area contributed by atoms with Gasteiger partial charge in [-0.05, 0) is 35.9 Å². The summed E-state index contributed by atoms with van der Waals surface area (Å²) in [6.07, 6.45) is 3.27. The number of anilines is 1. The van der Waals surface area contributed by atoms with Crippen LogP contribution < -0.4 is 10.2 Å². The average molecular weight is 301 g/mol. The molecular formula is C16H16FN3O2. The molecule has 0 radical (unpaired) electrons. The lowest BCUT2D eigenvalue weighted by Crippen LogP contribution is -2.39. The molecule has 2 aromatic rings. The Bertz CT molecular complexity index is 661. The van der Waals surface area contributed by atoms with Gasteiger partial charge in [0.1, 0.15) is 12.4 Å². The van der Waals surface area contributed by atoms with E-state index in [9.17, 15) is 14.0 Å². The summed E-state index contributed by atoms with van der Waals surface area (Å²) in [6, 6.07) is 9.16. The van der Waals surface area contributed by atoms with Gasteiger partial charge in [0.15, 0.2) is 0 Å². The minimum atomic E-state index is -0.457. The van der Waals surface area contributed by atoms with E-state index in [1.807, 2.05) is 0 Å². The summed E-state index contributed by atoms with van der Waals surface area (Å²) in [4.78, 5) is 28.8. The Morgan fingerprint density at radius 1 is 1.23 bits per heavy atom. The molecule has 0 atom stereocenters. The fraction of sp³-hybridized carbons (Fsp3) is 0.188. The van der Waals surface area contributed by atoms with Crippen molar-refractivity contribution in [1.82, 2.24) is 10.3 Å². The molecule has 22 heavy (non-hydrogen) atoms. The van der Waals surface area contributed by atoms with E-state index in [0.29, 0.717) is 12.2 Å². The highest BCUT2D eigenvalue weighted by Gasteiger charge is 2.16. The zero-order valence-electron chi connectivity index (χ0n) is 12.1. The summed E-state index contributed by atoms with van der Waals surface area (Å²) < 4.78 is 13.3.